The summed E-state index contributed by atoms with van der Waals surface area (Å²) in [4.78, 5) is 42.1. The summed E-state index contributed by atoms with van der Waals surface area (Å²) >= 11 is 1.59. The summed E-state index contributed by atoms with van der Waals surface area (Å²) in [5.41, 5.74) is 11.4. The van der Waals surface area contributed by atoms with E-state index in [1.54, 1.807) is 23.5 Å². The highest BCUT2D eigenvalue weighted by molar-refractivity contribution is 7.10. The fourth-order valence-corrected chi connectivity index (χ4v) is 12.1. The molecule has 350 valence electrons. The number of nitrogens with zero attached hydrogens (tertiary/aromatic N) is 5. The van der Waals surface area contributed by atoms with Gasteiger partial charge in [-0.15, -0.1) is 11.3 Å². The molecular weight excluding hydrogens is 815 g/mol. The van der Waals surface area contributed by atoms with E-state index in [9.17, 15) is 9.59 Å². The van der Waals surface area contributed by atoms with Gasteiger partial charge in [0.15, 0.2) is 0 Å². The number of ether oxygens (including phenoxy) is 1. The predicted octanol–water partition coefficient (Wildman–Crippen LogP) is 11.2. The minimum Gasteiger partial charge on any atom is -0.375 e. The SMILES string of the molecule is CCC(C)CC1(CC)CCCN(C(C(=O)NC(Cc2nc(-c3ccc4c(c3)c(CC(C)(C)CC)c(-c3cccnc3C(C)OC)n4CC)cs2)C(=O)N2CCCCN2)C2CCCC2)C1. The van der Waals surface area contributed by atoms with E-state index in [4.69, 9.17) is 14.7 Å². The van der Waals surface area contributed by atoms with Gasteiger partial charge in [0.1, 0.15) is 6.04 Å². The normalized spacial score (nSPS) is 21.0. The molecule has 7 rings (SSSR count). The lowest BCUT2D eigenvalue weighted by molar-refractivity contribution is -0.142. The number of aromatic nitrogens is 3. The molecule has 0 radical (unpaired) electrons. The van der Waals surface area contributed by atoms with Crippen LogP contribution in [0.15, 0.2) is 41.9 Å². The molecule has 2 amide bonds. The molecule has 1 aliphatic carbocycles. The van der Waals surface area contributed by atoms with Gasteiger partial charge in [-0.2, -0.15) is 0 Å². The van der Waals surface area contributed by atoms with Crippen LogP contribution in [-0.2, 0) is 33.7 Å². The number of likely N-dealkylation sites (tertiary alicyclic amines) is 1. The van der Waals surface area contributed by atoms with Crippen molar-refractivity contribution in [2.24, 2.45) is 22.7 Å². The first-order chi connectivity index (χ1) is 30.8. The molecule has 2 aliphatic heterocycles. The van der Waals surface area contributed by atoms with Gasteiger partial charge in [0.05, 0.1) is 34.2 Å². The van der Waals surface area contributed by atoms with Crippen LogP contribution >= 0.6 is 11.3 Å². The minimum atomic E-state index is -0.712. The molecule has 3 aromatic heterocycles. The van der Waals surface area contributed by atoms with Crippen molar-refractivity contribution in [3.05, 3.63) is 58.2 Å². The maximum atomic E-state index is 15.0. The first-order valence-electron chi connectivity index (χ1n) is 25.0. The molecule has 3 aliphatic rings. The van der Waals surface area contributed by atoms with Gasteiger partial charge in [0.25, 0.3) is 5.91 Å². The van der Waals surface area contributed by atoms with Gasteiger partial charge >= 0.3 is 0 Å². The standard InChI is InChI=1S/C53H79N7O3S/c1-10-36(5)32-53(12-3)25-19-28-58(35-53)48(38-20-14-15-21-38)50(61)57-43(51(62)60-29-17-16-27-55-60)31-46-56-44(34-64-46)39-23-24-45-41(30-39)42(33-52(7,8)11-2)49(59(45)13-4)40-22-18-26-54-47(40)37(6)63-9/h18,22-24,26,30,34,36-38,43,48,55H,10-17,19-21,25,27-29,31-33,35H2,1-9H3,(H,57,61). The summed E-state index contributed by atoms with van der Waals surface area (Å²) in [6, 6.07) is 10.1. The zero-order valence-corrected chi connectivity index (χ0v) is 41.5. The number of thiazole rings is 1. The molecule has 0 bridgehead atoms. The topological polar surface area (TPSA) is 105 Å². The molecule has 0 spiro atoms. The van der Waals surface area contributed by atoms with E-state index in [0.717, 1.165) is 105 Å². The van der Waals surface area contributed by atoms with E-state index in [0.29, 0.717) is 24.8 Å². The lowest BCUT2D eigenvalue weighted by Crippen LogP contribution is -2.61. The van der Waals surface area contributed by atoms with Crippen LogP contribution in [-0.4, -0.2) is 81.6 Å². The Kier molecular flexibility index (Phi) is 16.1. The molecule has 5 unspecified atom stereocenters. The number of methoxy groups -OCH3 is 1. The molecular formula is C53H79N7O3S. The van der Waals surface area contributed by atoms with Crippen molar-refractivity contribution < 1.29 is 14.3 Å². The van der Waals surface area contributed by atoms with Gasteiger partial charge < -0.3 is 14.6 Å². The summed E-state index contributed by atoms with van der Waals surface area (Å²) in [7, 11) is 1.75. The second-order valence-corrected chi connectivity index (χ2v) is 21.4. The largest absolute Gasteiger partial charge is 0.375 e. The second kappa shape index (κ2) is 21.3. The molecule has 64 heavy (non-hydrogen) atoms. The molecule has 11 heteroatoms. The van der Waals surface area contributed by atoms with E-state index in [-0.39, 0.29) is 34.8 Å². The van der Waals surface area contributed by atoms with Crippen LogP contribution < -0.4 is 10.7 Å². The minimum absolute atomic E-state index is 0.0235. The summed E-state index contributed by atoms with van der Waals surface area (Å²) in [5, 5.41) is 9.40. The van der Waals surface area contributed by atoms with Gasteiger partial charge in [0.2, 0.25) is 5.91 Å². The molecule has 2 N–H and O–H groups in total. The molecule has 3 fully saturated rings. The van der Waals surface area contributed by atoms with Crippen LogP contribution in [0.25, 0.3) is 33.4 Å². The summed E-state index contributed by atoms with van der Waals surface area (Å²) in [6.07, 6.45) is 16.4. The van der Waals surface area contributed by atoms with Crippen LogP contribution in [0.5, 0.6) is 0 Å². The molecule has 1 aromatic carbocycles. The first-order valence-corrected chi connectivity index (χ1v) is 25.9. The van der Waals surface area contributed by atoms with Gasteiger partial charge in [-0.25, -0.2) is 10.4 Å². The van der Waals surface area contributed by atoms with Gasteiger partial charge in [-0.3, -0.25) is 24.5 Å². The molecule has 5 atom stereocenters. The molecule has 2 saturated heterocycles. The fraction of sp³-hybridized carbons (Fsp3) is 0.660. The third-order valence-corrected chi connectivity index (χ3v) is 16.4. The number of pyridine rings is 1. The number of carbonyl (C=O) groups excluding carboxylic acids is 2. The average molecular weight is 894 g/mol. The van der Waals surface area contributed by atoms with Crippen molar-refractivity contribution in [1.82, 2.24) is 35.2 Å². The van der Waals surface area contributed by atoms with E-state index in [1.807, 2.05) is 12.3 Å². The Labute approximate surface area is 388 Å². The first kappa shape index (κ1) is 48.3. The highest BCUT2D eigenvalue weighted by Gasteiger charge is 2.43. The van der Waals surface area contributed by atoms with Gasteiger partial charge in [-0.1, -0.05) is 73.3 Å². The maximum absolute atomic E-state index is 15.0. The van der Waals surface area contributed by atoms with E-state index < -0.39 is 6.04 Å². The van der Waals surface area contributed by atoms with Crippen molar-refractivity contribution in [3.8, 4) is 22.5 Å². The van der Waals surface area contributed by atoms with Crippen LogP contribution in [0.2, 0.25) is 0 Å². The van der Waals surface area contributed by atoms with Crippen molar-refractivity contribution in [1.29, 1.82) is 0 Å². The lowest BCUT2D eigenvalue weighted by atomic mass is 9.71. The number of nitrogens with one attached hydrogen (secondary N) is 2. The molecule has 5 heterocycles. The number of amides is 2. The highest BCUT2D eigenvalue weighted by atomic mass is 32.1. The number of hydrogen-bond donors (Lipinski definition) is 2. The Morgan fingerprint density at radius 1 is 1.05 bits per heavy atom. The quantitative estimate of drug-likeness (QED) is 0.0966. The zero-order chi connectivity index (χ0) is 45.6. The highest BCUT2D eigenvalue weighted by Crippen LogP contribution is 2.44. The number of hydrogen-bond acceptors (Lipinski definition) is 8. The Hall–Kier alpha value is -3.64. The molecule has 10 nitrogen and oxygen atoms in total. The summed E-state index contributed by atoms with van der Waals surface area (Å²) < 4.78 is 8.29. The number of rotatable bonds is 19. The predicted molar refractivity (Wildman–Crippen MR) is 263 cm³/mol. The number of fused-ring (bicyclic) bond motifs is 1. The number of aryl methyl sites for hydroxylation is 1. The third-order valence-electron chi connectivity index (χ3n) is 15.6. The average Bonchev–Trinajstić information content (AvgIpc) is 4.09. The Bertz CT molecular complexity index is 2180. The molecule has 4 aromatic rings. The molecule has 1 saturated carbocycles. The van der Waals surface area contributed by atoms with Gasteiger partial charge in [-0.05, 0) is 131 Å². The van der Waals surface area contributed by atoms with E-state index in [2.05, 4.69) is 105 Å². The van der Waals surface area contributed by atoms with Crippen molar-refractivity contribution in [3.63, 3.8) is 0 Å². The number of piperidine rings is 1. The summed E-state index contributed by atoms with van der Waals surface area (Å²) in [6.45, 7) is 22.4. The van der Waals surface area contributed by atoms with Crippen LogP contribution in [0, 0.1) is 22.7 Å². The van der Waals surface area contributed by atoms with Crippen LogP contribution in [0.4, 0.5) is 0 Å². The second-order valence-electron chi connectivity index (χ2n) is 20.4. The Balaban J connectivity index is 1.21. The smallest absolute Gasteiger partial charge is 0.259 e. The number of carbonyl (C=O) groups is 2. The van der Waals surface area contributed by atoms with Crippen LogP contribution in [0.1, 0.15) is 155 Å². The van der Waals surface area contributed by atoms with E-state index >= 15 is 0 Å². The van der Waals surface area contributed by atoms with Gasteiger partial charge in [0, 0.05) is 73.3 Å². The number of hydrazine groups is 1. The lowest BCUT2D eigenvalue weighted by Gasteiger charge is -2.47. The van der Waals surface area contributed by atoms with E-state index in [1.165, 1.54) is 54.3 Å². The zero-order valence-electron chi connectivity index (χ0n) is 40.7. The Morgan fingerprint density at radius 3 is 2.53 bits per heavy atom. The van der Waals surface area contributed by atoms with Crippen molar-refractivity contribution in [2.45, 2.75) is 170 Å². The monoisotopic (exact) mass is 894 g/mol. The maximum Gasteiger partial charge on any atom is 0.259 e. The van der Waals surface area contributed by atoms with Crippen molar-refractivity contribution >= 4 is 34.1 Å². The third kappa shape index (κ3) is 10.6. The summed E-state index contributed by atoms with van der Waals surface area (Å²) in [5.74, 6) is 0.933. The van der Waals surface area contributed by atoms with Crippen LogP contribution in [0.3, 0.4) is 0 Å². The number of benzene rings is 1. The Morgan fingerprint density at radius 2 is 1.84 bits per heavy atom. The fourth-order valence-electron chi connectivity index (χ4n) is 11.2. The van der Waals surface area contributed by atoms with Crippen molar-refractivity contribution in [2.75, 3.05) is 33.3 Å².